The minimum Gasteiger partial charge on any atom is -0.507 e. The van der Waals surface area contributed by atoms with Crippen LogP contribution in [-0.2, 0) is 0 Å². The summed E-state index contributed by atoms with van der Waals surface area (Å²) in [5.74, 6) is 0.225. The summed E-state index contributed by atoms with van der Waals surface area (Å²) in [6.45, 7) is 6.08. The molecule has 0 bridgehead atoms. The van der Waals surface area contributed by atoms with Crippen molar-refractivity contribution in [2.75, 3.05) is 0 Å². The molecule has 0 aliphatic carbocycles. The summed E-state index contributed by atoms with van der Waals surface area (Å²) in [5.41, 5.74) is 1.74. The Morgan fingerprint density at radius 3 is 2.74 bits per heavy atom. The van der Waals surface area contributed by atoms with Gasteiger partial charge < -0.3 is 5.11 Å². The highest BCUT2D eigenvalue weighted by Crippen LogP contribution is 2.25. The molecule has 3 aromatic rings. The van der Waals surface area contributed by atoms with Crippen molar-refractivity contribution >= 4 is 28.3 Å². The van der Waals surface area contributed by atoms with Gasteiger partial charge in [0.15, 0.2) is 0 Å². The SMILES string of the molecule is Cc1csc(=NC(C)C)n1N=Cc1c(O)ccc2ccccc12. The number of phenolic OH excluding ortho intramolecular Hbond substituents is 1. The number of aryl methyl sites for hydroxylation is 1. The van der Waals surface area contributed by atoms with E-state index >= 15 is 0 Å². The van der Waals surface area contributed by atoms with Gasteiger partial charge in [-0.3, -0.25) is 4.99 Å². The summed E-state index contributed by atoms with van der Waals surface area (Å²) in [6.07, 6.45) is 1.71. The Balaban J connectivity index is 2.12. The number of hydrogen-bond acceptors (Lipinski definition) is 4. The van der Waals surface area contributed by atoms with Crippen LogP contribution < -0.4 is 4.80 Å². The van der Waals surface area contributed by atoms with Crippen LogP contribution in [-0.4, -0.2) is 22.0 Å². The van der Waals surface area contributed by atoms with E-state index in [-0.39, 0.29) is 11.8 Å². The van der Waals surface area contributed by atoms with Crippen molar-refractivity contribution in [3.8, 4) is 5.75 Å². The molecule has 0 spiro atoms. The zero-order valence-corrected chi connectivity index (χ0v) is 14.2. The van der Waals surface area contributed by atoms with Crippen molar-refractivity contribution in [2.45, 2.75) is 26.8 Å². The average Bonchev–Trinajstić information content (AvgIpc) is 2.86. The number of hydrogen-bond donors (Lipinski definition) is 1. The number of phenols is 1. The van der Waals surface area contributed by atoms with Gasteiger partial charge in [-0.2, -0.15) is 5.10 Å². The predicted octanol–water partition coefficient (Wildman–Crippen LogP) is 3.91. The molecule has 0 aliphatic heterocycles. The first kappa shape index (κ1) is 15.5. The molecular formula is C18H19N3OS. The zero-order valence-electron chi connectivity index (χ0n) is 13.4. The molecule has 118 valence electrons. The quantitative estimate of drug-likeness (QED) is 0.729. The third kappa shape index (κ3) is 3.19. The highest BCUT2D eigenvalue weighted by molar-refractivity contribution is 7.07. The Bertz CT molecular complexity index is 935. The molecular weight excluding hydrogens is 306 g/mol. The lowest BCUT2D eigenvalue weighted by atomic mass is 10.0. The first-order chi connectivity index (χ1) is 11.1. The van der Waals surface area contributed by atoms with Crippen LogP contribution in [0.3, 0.4) is 0 Å². The Morgan fingerprint density at radius 2 is 1.96 bits per heavy atom. The molecule has 4 nitrogen and oxygen atoms in total. The van der Waals surface area contributed by atoms with E-state index in [1.807, 2.05) is 61.2 Å². The fourth-order valence-electron chi connectivity index (χ4n) is 2.37. The van der Waals surface area contributed by atoms with E-state index in [0.29, 0.717) is 0 Å². The molecule has 0 saturated heterocycles. The molecule has 3 rings (SSSR count). The van der Waals surface area contributed by atoms with Gasteiger partial charge in [0, 0.05) is 17.0 Å². The fourth-order valence-corrected chi connectivity index (χ4v) is 3.31. The van der Waals surface area contributed by atoms with Gasteiger partial charge in [-0.1, -0.05) is 30.3 Å². The minimum atomic E-state index is 0.209. The minimum absolute atomic E-state index is 0.209. The summed E-state index contributed by atoms with van der Waals surface area (Å²) >= 11 is 1.57. The largest absolute Gasteiger partial charge is 0.507 e. The molecule has 0 saturated carbocycles. The van der Waals surface area contributed by atoms with Crippen molar-refractivity contribution in [1.29, 1.82) is 0 Å². The molecule has 5 heteroatoms. The van der Waals surface area contributed by atoms with Gasteiger partial charge in [-0.15, -0.1) is 11.3 Å². The van der Waals surface area contributed by atoms with Crippen molar-refractivity contribution in [3.63, 3.8) is 0 Å². The standard InChI is InChI=1S/C18H19N3OS/c1-12(2)20-18-21(13(3)11-23-18)19-10-16-15-7-5-4-6-14(15)8-9-17(16)22/h4-12,22H,1-3H3. The van der Waals surface area contributed by atoms with E-state index in [2.05, 4.69) is 10.1 Å². The highest BCUT2D eigenvalue weighted by Gasteiger charge is 2.05. The van der Waals surface area contributed by atoms with Crippen molar-refractivity contribution in [1.82, 2.24) is 4.68 Å². The maximum Gasteiger partial charge on any atom is 0.206 e. The van der Waals surface area contributed by atoms with Crippen molar-refractivity contribution < 1.29 is 5.11 Å². The van der Waals surface area contributed by atoms with E-state index in [9.17, 15) is 5.11 Å². The smallest absolute Gasteiger partial charge is 0.206 e. The molecule has 1 heterocycles. The molecule has 0 atom stereocenters. The Hall–Kier alpha value is -2.40. The second-order valence-electron chi connectivity index (χ2n) is 5.66. The van der Waals surface area contributed by atoms with Crippen LogP contribution in [0.25, 0.3) is 10.8 Å². The lowest BCUT2D eigenvalue weighted by molar-refractivity contribution is 0.475. The molecule has 0 amide bonds. The van der Waals surface area contributed by atoms with E-state index in [1.54, 1.807) is 23.6 Å². The maximum absolute atomic E-state index is 10.2. The predicted molar refractivity (Wildman–Crippen MR) is 96.3 cm³/mol. The molecule has 2 aromatic carbocycles. The summed E-state index contributed by atoms with van der Waals surface area (Å²) in [7, 11) is 0. The number of nitrogens with zero attached hydrogens (tertiary/aromatic N) is 3. The molecule has 0 unspecified atom stereocenters. The Morgan fingerprint density at radius 1 is 1.17 bits per heavy atom. The third-order valence-electron chi connectivity index (χ3n) is 3.47. The van der Waals surface area contributed by atoms with Crippen LogP contribution in [0.5, 0.6) is 5.75 Å². The fraction of sp³-hybridized carbons (Fsp3) is 0.222. The molecule has 0 fully saturated rings. The molecule has 0 radical (unpaired) electrons. The van der Waals surface area contributed by atoms with Gasteiger partial charge in [0.2, 0.25) is 4.80 Å². The number of aromatic nitrogens is 1. The van der Waals surface area contributed by atoms with E-state index < -0.39 is 0 Å². The lowest BCUT2D eigenvalue weighted by Gasteiger charge is -2.05. The Labute approximate surface area is 139 Å². The van der Waals surface area contributed by atoms with Crippen LogP contribution in [0.15, 0.2) is 51.9 Å². The number of benzene rings is 2. The van der Waals surface area contributed by atoms with E-state index in [1.165, 1.54) is 0 Å². The number of fused-ring (bicyclic) bond motifs is 1. The van der Waals surface area contributed by atoms with Gasteiger partial charge in [-0.05, 0) is 37.6 Å². The first-order valence-corrected chi connectivity index (χ1v) is 8.40. The average molecular weight is 325 g/mol. The number of thiazole rings is 1. The summed E-state index contributed by atoms with van der Waals surface area (Å²) in [6, 6.07) is 11.8. The van der Waals surface area contributed by atoms with Crippen LogP contribution in [0.2, 0.25) is 0 Å². The maximum atomic E-state index is 10.2. The topological polar surface area (TPSA) is 49.9 Å². The van der Waals surface area contributed by atoms with Gasteiger partial charge >= 0.3 is 0 Å². The summed E-state index contributed by atoms with van der Waals surface area (Å²) in [5, 5.41) is 18.8. The van der Waals surface area contributed by atoms with Crippen molar-refractivity contribution in [2.24, 2.45) is 10.1 Å². The van der Waals surface area contributed by atoms with Gasteiger partial charge in [0.05, 0.1) is 11.9 Å². The third-order valence-corrected chi connectivity index (χ3v) is 4.42. The lowest BCUT2D eigenvalue weighted by Crippen LogP contribution is -2.14. The van der Waals surface area contributed by atoms with Gasteiger partial charge in [0.1, 0.15) is 5.75 Å². The normalized spacial score (nSPS) is 12.8. The second-order valence-corrected chi connectivity index (χ2v) is 6.49. The van der Waals surface area contributed by atoms with E-state index in [4.69, 9.17) is 0 Å². The number of rotatable bonds is 3. The van der Waals surface area contributed by atoms with Crippen LogP contribution in [0, 0.1) is 6.92 Å². The zero-order chi connectivity index (χ0) is 16.4. The molecule has 23 heavy (non-hydrogen) atoms. The van der Waals surface area contributed by atoms with Crippen LogP contribution in [0.4, 0.5) is 0 Å². The highest BCUT2D eigenvalue weighted by atomic mass is 32.1. The Kier molecular flexibility index (Phi) is 4.30. The van der Waals surface area contributed by atoms with Crippen molar-refractivity contribution in [3.05, 3.63) is 57.8 Å². The summed E-state index contributed by atoms with van der Waals surface area (Å²) in [4.78, 5) is 5.44. The van der Waals surface area contributed by atoms with Gasteiger partial charge in [-0.25, -0.2) is 4.68 Å². The molecule has 0 aliphatic rings. The first-order valence-electron chi connectivity index (χ1n) is 7.52. The van der Waals surface area contributed by atoms with Crippen LogP contribution >= 0.6 is 11.3 Å². The number of aromatic hydroxyl groups is 1. The van der Waals surface area contributed by atoms with Crippen LogP contribution in [0.1, 0.15) is 25.1 Å². The van der Waals surface area contributed by atoms with Gasteiger partial charge in [0.25, 0.3) is 0 Å². The second kappa shape index (κ2) is 6.38. The molecule has 1 aromatic heterocycles. The monoisotopic (exact) mass is 325 g/mol. The molecule has 1 N–H and O–H groups in total. The summed E-state index contributed by atoms with van der Waals surface area (Å²) < 4.78 is 1.81. The van der Waals surface area contributed by atoms with E-state index in [0.717, 1.165) is 26.8 Å².